The van der Waals surface area contributed by atoms with E-state index in [0.717, 1.165) is 5.56 Å². The Balaban J connectivity index is 2.51. The number of hydrogen-bond acceptors (Lipinski definition) is 2. The van der Waals surface area contributed by atoms with Gasteiger partial charge in [0.1, 0.15) is 6.61 Å². The number of halogens is 2. The summed E-state index contributed by atoms with van der Waals surface area (Å²) >= 11 is 11.6. The quantitative estimate of drug-likeness (QED) is 0.798. The van der Waals surface area contributed by atoms with Crippen molar-refractivity contribution in [2.24, 2.45) is 0 Å². The van der Waals surface area contributed by atoms with Gasteiger partial charge in [-0.3, -0.25) is 4.79 Å². The van der Waals surface area contributed by atoms with Gasteiger partial charge < -0.3 is 4.74 Å². The third-order valence-corrected chi connectivity index (χ3v) is 2.72. The second-order valence-corrected chi connectivity index (χ2v) is 4.03. The van der Waals surface area contributed by atoms with Crippen LogP contribution >= 0.6 is 23.2 Å². The van der Waals surface area contributed by atoms with Gasteiger partial charge in [0, 0.05) is 13.5 Å². The van der Waals surface area contributed by atoms with Crippen LogP contribution in [0.25, 0.3) is 0 Å². The van der Waals surface area contributed by atoms with Crippen LogP contribution in [0.4, 0.5) is 0 Å². The molecule has 0 saturated heterocycles. The molecule has 0 N–H and O–H groups in total. The van der Waals surface area contributed by atoms with Crippen molar-refractivity contribution < 1.29 is 9.53 Å². The minimum absolute atomic E-state index is 0.0866. The number of Topliss-reactive ketones (excluding diaryl/α,β-unsaturated/α-hetero) is 1. The summed E-state index contributed by atoms with van der Waals surface area (Å²) in [5.41, 5.74) is 1.01. The monoisotopic (exact) mass is 246 g/mol. The summed E-state index contributed by atoms with van der Waals surface area (Å²) in [7, 11) is 1.51. The van der Waals surface area contributed by atoms with Crippen molar-refractivity contribution in [3.63, 3.8) is 0 Å². The lowest BCUT2D eigenvalue weighted by atomic mass is 10.1. The number of ether oxygens (including phenoxy) is 1. The summed E-state index contributed by atoms with van der Waals surface area (Å²) in [6.07, 6.45) is 1.13. The van der Waals surface area contributed by atoms with Crippen molar-refractivity contribution in [2.75, 3.05) is 13.7 Å². The van der Waals surface area contributed by atoms with Crippen molar-refractivity contribution in [1.29, 1.82) is 0 Å². The molecule has 0 fully saturated rings. The smallest absolute Gasteiger partial charge is 0.158 e. The fourth-order valence-electron chi connectivity index (χ4n) is 1.21. The second kappa shape index (κ2) is 6.11. The predicted octanol–water partition coefficient (Wildman–Crippen LogP) is 3.14. The highest BCUT2D eigenvalue weighted by Crippen LogP contribution is 2.23. The maximum Gasteiger partial charge on any atom is 0.158 e. The first-order valence-electron chi connectivity index (χ1n) is 4.58. The minimum atomic E-state index is 0.0866. The number of hydrogen-bond donors (Lipinski definition) is 0. The van der Waals surface area contributed by atoms with Crippen LogP contribution in [0.15, 0.2) is 18.2 Å². The van der Waals surface area contributed by atoms with E-state index in [4.69, 9.17) is 27.9 Å². The average Bonchev–Trinajstić information content (AvgIpc) is 2.20. The van der Waals surface area contributed by atoms with Crippen LogP contribution in [0, 0.1) is 0 Å². The number of rotatable bonds is 5. The predicted molar refractivity (Wildman–Crippen MR) is 61.7 cm³/mol. The summed E-state index contributed by atoms with van der Waals surface area (Å²) in [5.74, 6) is 0.0866. The molecule has 0 saturated carbocycles. The largest absolute Gasteiger partial charge is 0.377 e. The molecule has 15 heavy (non-hydrogen) atoms. The van der Waals surface area contributed by atoms with Gasteiger partial charge in [0.2, 0.25) is 0 Å². The van der Waals surface area contributed by atoms with Crippen LogP contribution in [0.3, 0.4) is 0 Å². The van der Waals surface area contributed by atoms with Gasteiger partial charge in [-0.15, -0.1) is 0 Å². The molecular formula is C11H12Cl2O2. The lowest BCUT2D eigenvalue weighted by Gasteiger charge is -2.02. The molecule has 0 bridgehead atoms. The van der Waals surface area contributed by atoms with E-state index >= 15 is 0 Å². The summed E-state index contributed by atoms with van der Waals surface area (Å²) in [4.78, 5) is 11.2. The highest BCUT2D eigenvalue weighted by molar-refractivity contribution is 6.42. The molecule has 1 rings (SSSR count). The van der Waals surface area contributed by atoms with Gasteiger partial charge in [0.25, 0.3) is 0 Å². The Morgan fingerprint density at radius 2 is 2.07 bits per heavy atom. The zero-order chi connectivity index (χ0) is 11.3. The fraction of sp³-hybridized carbons (Fsp3) is 0.364. The number of carbonyl (C=O) groups is 1. The Kier molecular flexibility index (Phi) is 5.09. The first-order chi connectivity index (χ1) is 7.13. The second-order valence-electron chi connectivity index (χ2n) is 3.22. The van der Waals surface area contributed by atoms with E-state index in [2.05, 4.69) is 0 Å². The Morgan fingerprint density at radius 1 is 1.33 bits per heavy atom. The number of benzene rings is 1. The number of methoxy groups -OCH3 is 1. The van der Waals surface area contributed by atoms with Crippen molar-refractivity contribution in [3.8, 4) is 0 Å². The third kappa shape index (κ3) is 4.20. The van der Waals surface area contributed by atoms with Gasteiger partial charge >= 0.3 is 0 Å². The summed E-state index contributed by atoms with van der Waals surface area (Å²) in [5, 5.41) is 1.05. The van der Waals surface area contributed by atoms with Crippen molar-refractivity contribution >= 4 is 29.0 Å². The molecule has 2 nitrogen and oxygen atoms in total. The summed E-state index contributed by atoms with van der Waals surface area (Å²) in [6, 6.07) is 5.39. The van der Waals surface area contributed by atoms with Crippen molar-refractivity contribution in [2.45, 2.75) is 12.8 Å². The van der Waals surface area contributed by atoms with E-state index in [1.807, 2.05) is 6.07 Å². The highest BCUT2D eigenvalue weighted by Gasteiger charge is 2.03. The highest BCUT2D eigenvalue weighted by atomic mass is 35.5. The van der Waals surface area contributed by atoms with E-state index in [9.17, 15) is 4.79 Å². The SMILES string of the molecule is COCC(=O)CCc1ccc(Cl)c(Cl)c1. The van der Waals surface area contributed by atoms with Crippen LogP contribution in [-0.2, 0) is 16.0 Å². The van der Waals surface area contributed by atoms with Crippen LogP contribution in [0.1, 0.15) is 12.0 Å². The summed E-state index contributed by atoms with van der Waals surface area (Å²) < 4.78 is 4.74. The summed E-state index contributed by atoms with van der Waals surface area (Å²) in [6.45, 7) is 0.168. The van der Waals surface area contributed by atoms with Gasteiger partial charge in [0.05, 0.1) is 10.0 Å². The lowest BCUT2D eigenvalue weighted by Crippen LogP contribution is -2.07. The van der Waals surface area contributed by atoms with Gasteiger partial charge in [-0.2, -0.15) is 0 Å². The van der Waals surface area contributed by atoms with Crippen molar-refractivity contribution in [1.82, 2.24) is 0 Å². The first kappa shape index (κ1) is 12.5. The van der Waals surface area contributed by atoms with E-state index in [1.54, 1.807) is 12.1 Å². The first-order valence-corrected chi connectivity index (χ1v) is 5.33. The standard InChI is InChI=1S/C11H12Cl2O2/c1-15-7-9(14)4-2-8-3-5-10(12)11(13)6-8/h3,5-6H,2,4,7H2,1H3. The van der Waals surface area contributed by atoms with Gasteiger partial charge in [-0.05, 0) is 24.1 Å². The molecule has 0 aliphatic heterocycles. The zero-order valence-corrected chi connectivity index (χ0v) is 9.94. The number of carbonyl (C=O) groups excluding carboxylic acids is 1. The Hall–Kier alpha value is -0.570. The molecule has 0 unspecified atom stereocenters. The van der Waals surface area contributed by atoms with Crippen LogP contribution < -0.4 is 0 Å². The molecule has 1 aromatic carbocycles. The Labute approximate surface area is 99.1 Å². The Morgan fingerprint density at radius 3 is 2.67 bits per heavy atom. The normalized spacial score (nSPS) is 10.3. The lowest BCUT2D eigenvalue weighted by molar-refractivity contribution is -0.122. The molecule has 0 atom stereocenters. The van der Waals surface area contributed by atoms with E-state index in [1.165, 1.54) is 7.11 Å². The average molecular weight is 247 g/mol. The zero-order valence-electron chi connectivity index (χ0n) is 8.43. The molecule has 0 amide bonds. The molecular weight excluding hydrogens is 235 g/mol. The van der Waals surface area contributed by atoms with Crippen LogP contribution in [-0.4, -0.2) is 19.5 Å². The number of aryl methyl sites for hydroxylation is 1. The van der Waals surface area contributed by atoms with Crippen molar-refractivity contribution in [3.05, 3.63) is 33.8 Å². The van der Waals surface area contributed by atoms with Gasteiger partial charge in [0.15, 0.2) is 5.78 Å². The van der Waals surface area contributed by atoms with Gasteiger partial charge in [-0.1, -0.05) is 29.3 Å². The van der Waals surface area contributed by atoms with Crippen LogP contribution in [0.2, 0.25) is 10.0 Å². The van der Waals surface area contributed by atoms with Crippen LogP contribution in [0.5, 0.6) is 0 Å². The molecule has 4 heteroatoms. The molecule has 0 heterocycles. The van der Waals surface area contributed by atoms with E-state index in [-0.39, 0.29) is 12.4 Å². The molecule has 0 aromatic heterocycles. The van der Waals surface area contributed by atoms with E-state index in [0.29, 0.717) is 22.9 Å². The minimum Gasteiger partial charge on any atom is -0.377 e. The molecule has 1 aromatic rings. The maximum atomic E-state index is 11.2. The van der Waals surface area contributed by atoms with Gasteiger partial charge in [-0.25, -0.2) is 0 Å². The molecule has 82 valence electrons. The van der Waals surface area contributed by atoms with E-state index < -0.39 is 0 Å². The Bertz CT molecular complexity index is 350. The maximum absolute atomic E-state index is 11.2. The molecule has 0 spiro atoms. The third-order valence-electron chi connectivity index (χ3n) is 1.98. The fourth-order valence-corrected chi connectivity index (χ4v) is 1.53. The number of ketones is 1. The molecule has 0 aliphatic rings. The molecule has 0 radical (unpaired) electrons. The molecule has 0 aliphatic carbocycles. The topological polar surface area (TPSA) is 26.3 Å².